The van der Waals surface area contributed by atoms with E-state index in [2.05, 4.69) is 11.9 Å². The van der Waals surface area contributed by atoms with Crippen LogP contribution in [0.15, 0.2) is 18.2 Å². The van der Waals surface area contributed by atoms with Crippen LogP contribution in [0.1, 0.15) is 44.0 Å². The number of hydrogen-bond donors (Lipinski definition) is 1. The Hall–Kier alpha value is -0.930. The molecule has 0 radical (unpaired) electrons. The van der Waals surface area contributed by atoms with Gasteiger partial charge in [-0.25, -0.2) is 0 Å². The third-order valence-electron chi connectivity index (χ3n) is 3.89. The maximum absolute atomic E-state index is 6.14. The smallest absolute Gasteiger partial charge is 0.0896 e. The van der Waals surface area contributed by atoms with Gasteiger partial charge in [-0.15, -0.1) is 0 Å². The molecule has 0 amide bonds. The van der Waals surface area contributed by atoms with Crippen LogP contribution >= 0.6 is 0 Å². The lowest BCUT2D eigenvalue weighted by Crippen LogP contribution is -2.44. The van der Waals surface area contributed by atoms with E-state index in [-0.39, 0.29) is 5.60 Å². The highest BCUT2D eigenvalue weighted by Crippen LogP contribution is 2.34. The normalized spacial score (nSPS) is 28.3. The first-order valence-electron chi connectivity index (χ1n) is 6.90. The molecule has 0 saturated heterocycles. The lowest BCUT2D eigenvalue weighted by molar-refractivity contribution is -0.0850. The Bertz CT molecular complexity index is 394. The fourth-order valence-corrected chi connectivity index (χ4v) is 2.89. The highest BCUT2D eigenvalue weighted by atomic mass is 16.5. The van der Waals surface area contributed by atoms with Gasteiger partial charge in [0.05, 0.1) is 17.9 Å². The number of rotatable bonds is 4. The first-order chi connectivity index (χ1) is 8.63. The Balaban J connectivity index is 1.98. The summed E-state index contributed by atoms with van der Waals surface area (Å²) in [5.74, 6) is 0.716. The Morgan fingerprint density at radius 1 is 1.50 bits per heavy atom. The summed E-state index contributed by atoms with van der Waals surface area (Å²) >= 11 is 0. The van der Waals surface area contributed by atoms with Crippen molar-refractivity contribution < 1.29 is 4.74 Å². The molecule has 0 bridgehead atoms. The summed E-state index contributed by atoms with van der Waals surface area (Å²) in [5, 5.41) is 0. The highest BCUT2D eigenvalue weighted by Gasteiger charge is 2.34. The molecular weight excluding hydrogens is 224 g/mol. The van der Waals surface area contributed by atoms with Crippen molar-refractivity contribution in [2.45, 2.75) is 51.7 Å². The molecule has 0 aliphatic heterocycles. The van der Waals surface area contributed by atoms with E-state index < -0.39 is 0 Å². The molecule has 1 heterocycles. The molecule has 0 spiro atoms. The zero-order chi connectivity index (χ0) is 13.0. The quantitative estimate of drug-likeness (QED) is 0.891. The number of nitrogens with zero attached hydrogens (tertiary/aromatic N) is 1. The highest BCUT2D eigenvalue weighted by molar-refractivity contribution is 5.09. The second kappa shape index (κ2) is 5.81. The summed E-state index contributed by atoms with van der Waals surface area (Å²) < 4.78 is 6.14. The fourth-order valence-electron chi connectivity index (χ4n) is 2.89. The fraction of sp³-hybridized carbons (Fsp3) is 0.667. The summed E-state index contributed by atoms with van der Waals surface area (Å²) in [7, 11) is 0. The number of hydrogen-bond acceptors (Lipinski definition) is 3. The van der Waals surface area contributed by atoms with Crippen molar-refractivity contribution in [1.82, 2.24) is 4.98 Å². The largest absolute Gasteiger partial charge is 0.367 e. The van der Waals surface area contributed by atoms with Crippen LogP contribution in [-0.2, 0) is 11.3 Å². The first-order valence-corrected chi connectivity index (χ1v) is 6.90. The average molecular weight is 248 g/mol. The summed E-state index contributed by atoms with van der Waals surface area (Å²) in [6, 6.07) is 6.05. The minimum absolute atomic E-state index is 0.122. The topological polar surface area (TPSA) is 48.1 Å². The molecule has 2 rings (SSSR count). The molecule has 3 heteroatoms. The molecule has 2 atom stereocenters. The van der Waals surface area contributed by atoms with Gasteiger partial charge in [0.2, 0.25) is 0 Å². The average Bonchev–Trinajstić information content (AvgIpc) is 2.37. The number of aromatic nitrogens is 1. The summed E-state index contributed by atoms with van der Waals surface area (Å²) in [4.78, 5) is 4.48. The van der Waals surface area contributed by atoms with Crippen molar-refractivity contribution >= 4 is 0 Å². The van der Waals surface area contributed by atoms with Crippen LogP contribution in [0.2, 0.25) is 0 Å². The molecule has 2 unspecified atom stereocenters. The Labute approximate surface area is 110 Å². The molecular formula is C15H24N2O. The standard InChI is InChI=1S/C15H24N2O/c1-12-5-4-8-15(9-12,11-16)18-10-14-7-3-6-13(2)17-14/h3,6-7,12H,4-5,8-11,16H2,1-2H3. The summed E-state index contributed by atoms with van der Waals surface area (Å²) in [6.45, 7) is 5.48. The molecule has 1 aliphatic rings. The molecule has 0 aromatic carbocycles. The van der Waals surface area contributed by atoms with Gasteiger partial charge in [-0.05, 0) is 37.8 Å². The number of nitrogens with two attached hydrogens (primary N) is 1. The molecule has 1 aromatic rings. The SMILES string of the molecule is Cc1cccc(COC2(CN)CCCC(C)C2)n1. The van der Waals surface area contributed by atoms with E-state index in [0.29, 0.717) is 19.1 Å². The monoisotopic (exact) mass is 248 g/mol. The second-order valence-electron chi connectivity index (χ2n) is 5.65. The first kappa shape index (κ1) is 13.5. The minimum atomic E-state index is -0.122. The van der Waals surface area contributed by atoms with E-state index in [1.165, 1.54) is 12.8 Å². The van der Waals surface area contributed by atoms with Crippen LogP contribution in [0.3, 0.4) is 0 Å². The van der Waals surface area contributed by atoms with E-state index in [1.54, 1.807) is 0 Å². The molecule has 3 nitrogen and oxygen atoms in total. The molecule has 100 valence electrons. The maximum Gasteiger partial charge on any atom is 0.0896 e. The molecule has 18 heavy (non-hydrogen) atoms. The van der Waals surface area contributed by atoms with Gasteiger partial charge in [0.1, 0.15) is 0 Å². The van der Waals surface area contributed by atoms with Gasteiger partial charge >= 0.3 is 0 Å². The van der Waals surface area contributed by atoms with Gasteiger partial charge in [0, 0.05) is 12.2 Å². The minimum Gasteiger partial charge on any atom is -0.367 e. The van der Waals surface area contributed by atoms with E-state index in [9.17, 15) is 0 Å². The van der Waals surface area contributed by atoms with Crippen LogP contribution in [0, 0.1) is 12.8 Å². The van der Waals surface area contributed by atoms with Crippen LogP contribution in [0.25, 0.3) is 0 Å². The van der Waals surface area contributed by atoms with Crippen molar-refractivity contribution in [3.05, 3.63) is 29.6 Å². The van der Waals surface area contributed by atoms with Gasteiger partial charge in [0.25, 0.3) is 0 Å². The van der Waals surface area contributed by atoms with Crippen LogP contribution in [0.4, 0.5) is 0 Å². The molecule has 1 fully saturated rings. The molecule has 1 aliphatic carbocycles. The number of aryl methyl sites for hydroxylation is 1. The number of ether oxygens (including phenoxy) is 1. The third kappa shape index (κ3) is 3.30. The summed E-state index contributed by atoms with van der Waals surface area (Å²) in [6.07, 6.45) is 4.68. The van der Waals surface area contributed by atoms with Gasteiger partial charge in [-0.1, -0.05) is 25.8 Å². The Morgan fingerprint density at radius 2 is 2.33 bits per heavy atom. The van der Waals surface area contributed by atoms with Gasteiger partial charge in [0.15, 0.2) is 0 Å². The van der Waals surface area contributed by atoms with Crippen LogP contribution in [0.5, 0.6) is 0 Å². The van der Waals surface area contributed by atoms with Crippen molar-refractivity contribution in [3.8, 4) is 0 Å². The molecule has 1 aromatic heterocycles. The zero-order valence-corrected chi connectivity index (χ0v) is 11.5. The van der Waals surface area contributed by atoms with Gasteiger partial charge < -0.3 is 10.5 Å². The van der Waals surface area contributed by atoms with Crippen LogP contribution < -0.4 is 5.73 Å². The van der Waals surface area contributed by atoms with Crippen molar-refractivity contribution in [1.29, 1.82) is 0 Å². The van der Waals surface area contributed by atoms with E-state index in [0.717, 1.165) is 24.2 Å². The lowest BCUT2D eigenvalue weighted by atomic mass is 9.79. The van der Waals surface area contributed by atoms with Crippen molar-refractivity contribution in [2.24, 2.45) is 11.7 Å². The second-order valence-corrected chi connectivity index (χ2v) is 5.65. The van der Waals surface area contributed by atoms with Crippen LogP contribution in [-0.4, -0.2) is 17.1 Å². The van der Waals surface area contributed by atoms with E-state index >= 15 is 0 Å². The molecule has 2 N–H and O–H groups in total. The Morgan fingerprint density at radius 3 is 3.00 bits per heavy atom. The zero-order valence-electron chi connectivity index (χ0n) is 11.5. The number of pyridine rings is 1. The van der Waals surface area contributed by atoms with Gasteiger partial charge in [-0.2, -0.15) is 0 Å². The van der Waals surface area contributed by atoms with E-state index in [1.807, 2.05) is 25.1 Å². The third-order valence-corrected chi connectivity index (χ3v) is 3.89. The maximum atomic E-state index is 6.14. The van der Waals surface area contributed by atoms with Crippen molar-refractivity contribution in [3.63, 3.8) is 0 Å². The summed E-state index contributed by atoms with van der Waals surface area (Å²) in [5.41, 5.74) is 7.87. The predicted octanol–water partition coefficient (Wildman–Crippen LogP) is 2.81. The van der Waals surface area contributed by atoms with Crippen molar-refractivity contribution in [2.75, 3.05) is 6.54 Å². The predicted molar refractivity (Wildman–Crippen MR) is 73.2 cm³/mol. The van der Waals surface area contributed by atoms with E-state index in [4.69, 9.17) is 10.5 Å². The lowest BCUT2D eigenvalue weighted by Gasteiger charge is -2.39. The van der Waals surface area contributed by atoms with Gasteiger partial charge in [-0.3, -0.25) is 4.98 Å². The molecule has 1 saturated carbocycles. The Kier molecular flexibility index (Phi) is 4.36.